The van der Waals surface area contributed by atoms with Crippen molar-refractivity contribution in [3.8, 4) is 0 Å². The van der Waals surface area contributed by atoms with Gasteiger partial charge in [-0.25, -0.2) is 0 Å². The van der Waals surface area contributed by atoms with Crippen LogP contribution >= 0.6 is 0 Å². The second-order valence-electron chi connectivity index (χ2n) is 3.59. The fraction of sp³-hybridized carbons (Fsp3) is 0.273. The van der Waals surface area contributed by atoms with Gasteiger partial charge in [-0.2, -0.15) is 0 Å². The molecule has 0 bridgehead atoms. The zero-order chi connectivity index (χ0) is 10.1. The molecule has 2 rings (SSSR count). The number of H-pyrrole nitrogens is 1. The van der Waals surface area contributed by atoms with Gasteiger partial charge in [0.25, 0.3) is 0 Å². The number of aromatic nitrogens is 1. The molecular formula is C11H14N2O. The quantitative estimate of drug-likeness (QED) is 0.672. The van der Waals surface area contributed by atoms with Gasteiger partial charge in [-0.3, -0.25) is 0 Å². The summed E-state index contributed by atoms with van der Waals surface area (Å²) in [5, 5.41) is 10.5. The number of nitrogens with one attached hydrogen (secondary N) is 1. The van der Waals surface area contributed by atoms with Crippen LogP contribution < -0.4 is 5.73 Å². The Bertz CT molecular complexity index is 434. The number of hydrogen-bond acceptors (Lipinski definition) is 2. The van der Waals surface area contributed by atoms with Crippen molar-refractivity contribution in [3.05, 3.63) is 36.0 Å². The van der Waals surface area contributed by atoms with E-state index in [-0.39, 0.29) is 6.04 Å². The maximum Gasteiger partial charge on any atom is 0.0704 e. The topological polar surface area (TPSA) is 62.0 Å². The van der Waals surface area contributed by atoms with Crippen molar-refractivity contribution in [2.45, 2.75) is 19.1 Å². The minimum Gasteiger partial charge on any atom is -0.391 e. The van der Waals surface area contributed by atoms with E-state index in [1.807, 2.05) is 30.5 Å². The third-order valence-electron chi connectivity index (χ3n) is 2.48. The highest BCUT2D eigenvalue weighted by molar-refractivity contribution is 5.80. The largest absolute Gasteiger partial charge is 0.391 e. The molecule has 3 heteroatoms. The molecule has 1 aromatic carbocycles. The molecule has 1 aromatic heterocycles. The van der Waals surface area contributed by atoms with Gasteiger partial charge in [0.15, 0.2) is 0 Å². The van der Waals surface area contributed by atoms with Gasteiger partial charge in [-0.05, 0) is 36.1 Å². The molecule has 0 aliphatic heterocycles. The van der Waals surface area contributed by atoms with E-state index in [2.05, 4.69) is 4.98 Å². The van der Waals surface area contributed by atoms with E-state index in [1.54, 1.807) is 6.92 Å². The van der Waals surface area contributed by atoms with Gasteiger partial charge in [0, 0.05) is 11.7 Å². The van der Waals surface area contributed by atoms with Crippen LogP contribution in [-0.4, -0.2) is 16.2 Å². The summed E-state index contributed by atoms with van der Waals surface area (Å²) >= 11 is 0. The van der Waals surface area contributed by atoms with Crippen molar-refractivity contribution in [1.82, 2.24) is 4.98 Å². The van der Waals surface area contributed by atoms with Crippen molar-refractivity contribution >= 4 is 10.9 Å². The Morgan fingerprint density at radius 2 is 2.14 bits per heavy atom. The van der Waals surface area contributed by atoms with E-state index in [4.69, 9.17) is 5.73 Å². The number of aliphatic hydroxyl groups is 1. The van der Waals surface area contributed by atoms with E-state index in [9.17, 15) is 5.11 Å². The fourth-order valence-corrected chi connectivity index (χ4v) is 1.56. The van der Waals surface area contributed by atoms with Crippen LogP contribution in [0.5, 0.6) is 0 Å². The Morgan fingerprint density at radius 1 is 1.36 bits per heavy atom. The summed E-state index contributed by atoms with van der Waals surface area (Å²) in [5.74, 6) is 0. The van der Waals surface area contributed by atoms with E-state index < -0.39 is 6.10 Å². The second-order valence-corrected chi connectivity index (χ2v) is 3.59. The normalized spacial score (nSPS) is 15.6. The SMILES string of the molecule is C[C@H](O)[C@H](N)c1ccc2[nH]ccc2c1. The van der Waals surface area contributed by atoms with Gasteiger partial charge in [0.1, 0.15) is 0 Å². The summed E-state index contributed by atoms with van der Waals surface area (Å²) in [6.45, 7) is 1.70. The van der Waals surface area contributed by atoms with E-state index in [0.717, 1.165) is 16.5 Å². The van der Waals surface area contributed by atoms with E-state index in [0.29, 0.717) is 0 Å². The molecule has 14 heavy (non-hydrogen) atoms. The summed E-state index contributed by atoms with van der Waals surface area (Å²) < 4.78 is 0. The van der Waals surface area contributed by atoms with E-state index in [1.165, 1.54) is 0 Å². The third kappa shape index (κ3) is 1.52. The molecule has 74 valence electrons. The molecule has 0 radical (unpaired) electrons. The molecule has 2 atom stereocenters. The molecule has 2 aromatic rings. The molecule has 0 saturated heterocycles. The monoisotopic (exact) mass is 190 g/mol. The maximum absolute atomic E-state index is 9.36. The van der Waals surface area contributed by atoms with Crippen molar-refractivity contribution < 1.29 is 5.11 Å². The number of aromatic amines is 1. The first-order chi connectivity index (χ1) is 6.68. The summed E-state index contributed by atoms with van der Waals surface area (Å²) in [6.07, 6.45) is 1.37. The molecule has 0 unspecified atom stereocenters. The lowest BCUT2D eigenvalue weighted by molar-refractivity contribution is 0.164. The molecule has 0 aliphatic carbocycles. The first-order valence-electron chi connectivity index (χ1n) is 4.69. The highest BCUT2D eigenvalue weighted by atomic mass is 16.3. The predicted molar refractivity (Wildman–Crippen MR) is 56.9 cm³/mol. The summed E-state index contributed by atoms with van der Waals surface area (Å²) in [5.41, 5.74) is 7.89. The van der Waals surface area contributed by atoms with Gasteiger partial charge in [-0.1, -0.05) is 6.07 Å². The van der Waals surface area contributed by atoms with Crippen LogP contribution in [0.25, 0.3) is 10.9 Å². The molecular weight excluding hydrogens is 176 g/mol. The molecule has 3 nitrogen and oxygen atoms in total. The minimum atomic E-state index is -0.522. The molecule has 0 aliphatic rings. The maximum atomic E-state index is 9.36. The van der Waals surface area contributed by atoms with Crippen LogP contribution in [0.15, 0.2) is 30.5 Å². The van der Waals surface area contributed by atoms with Crippen LogP contribution in [0.1, 0.15) is 18.5 Å². The highest BCUT2D eigenvalue weighted by Gasteiger charge is 2.11. The number of nitrogens with two attached hydrogens (primary N) is 1. The zero-order valence-corrected chi connectivity index (χ0v) is 8.07. The lowest BCUT2D eigenvalue weighted by Crippen LogP contribution is -2.22. The number of fused-ring (bicyclic) bond motifs is 1. The molecule has 0 amide bonds. The third-order valence-corrected chi connectivity index (χ3v) is 2.48. The standard InChI is InChI=1S/C11H14N2O/c1-7(14)11(12)9-2-3-10-8(6-9)4-5-13-10/h2-7,11,13-14H,12H2,1H3/t7-,11-/m0/s1. The average Bonchev–Trinajstić information content (AvgIpc) is 2.62. The summed E-state index contributed by atoms with van der Waals surface area (Å²) in [4.78, 5) is 3.11. The molecule has 0 fully saturated rings. The summed E-state index contributed by atoms with van der Waals surface area (Å²) in [6, 6.07) is 7.61. The van der Waals surface area contributed by atoms with Crippen molar-refractivity contribution in [3.63, 3.8) is 0 Å². The lowest BCUT2D eigenvalue weighted by atomic mass is 10.0. The van der Waals surface area contributed by atoms with E-state index >= 15 is 0 Å². The number of benzene rings is 1. The Hall–Kier alpha value is -1.32. The van der Waals surface area contributed by atoms with Crippen LogP contribution in [-0.2, 0) is 0 Å². The Balaban J connectivity index is 2.43. The van der Waals surface area contributed by atoms with Gasteiger partial charge in [0.2, 0.25) is 0 Å². The smallest absolute Gasteiger partial charge is 0.0704 e. The van der Waals surface area contributed by atoms with Crippen molar-refractivity contribution in [1.29, 1.82) is 0 Å². The Kier molecular flexibility index (Phi) is 2.27. The fourth-order valence-electron chi connectivity index (χ4n) is 1.56. The second kappa shape index (κ2) is 3.44. The van der Waals surface area contributed by atoms with Crippen molar-refractivity contribution in [2.24, 2.45) is 5.73 Å². The zero-order valence-electron chi connectivity index (χ0n) is 8.07. The van der Waals surface area contributed by atoms with Crippen LogP contribution in [0, 0.1) is 0 Å². The lowest BCUT2D eigenvalue weighted by Gasteiger charge is -2.14. The first kappa shape index (κ1) is 9.24. The Morgan fingerprint density at radius 3 is 2.86 bits per heavy atom. The highest BCUT2D eigenvalue weighted by Crippen LogP contribution is 2.20. The minimum absolute atomic E-state index is 0.311. The first-order valence-corrected chi connectivity index (χ1v) is 4.69. The van der Waals surface area contributed by atoms with Crippen LogP contribution in [0.4, 0.5) is 0 Å². The predicted octanol–water partition coefficient (Wildman–Crippen LogP) is 1.55. The molecule has 4 N–H and O–H groups in total. The van der Waals surface area contributed by atoms with Gasteiger partial charge < -0.3 is 15.8 Å². The Labute approximate surface area is 82.6 Å². The molecule has 1 heterocycles. The number of hydrogen-bond donors (Lipinski definition) is 3. The number of rotatable bonds is 2. The van der Waals surface area contributed by atoms with Gasteiger partial charge in [0.05, 0.1) is 12.1 Å². The van der Waals surface area contributed by atoms with Gasteiger partial charge >= 0.3 is 0 Å². The van der Waals surface area contributed by atoms with Crippen LogP contribution in [0.2, 0.25) is 0 Å². The van der Waals surface area contributed by atoms with Crippen LogP contribution in [0.3, 0.4) is 0 Å². The number of aliphatic hydroxyl groups excluding tert-OH is 1. The molecule has 0 spiro atoms. The molecule has 0 saturated carbocycles. The van der Waals surface area contributed by atoms with Crippen molar-refractivity contribution in [2.75, 3.05) is 0 Å². The summed E-state index contributed by atoms with van der Waals surface area (Å²) in [7, 11) is 0. The average molecular weight is 190 g/mol. The van der Waals surface area contributed by atoms with Gasteiger partial charge in [-0.15, -0.1) is 0 Å².